The molecule has 16 heavy (non-hydrogen) atoms. The van der Waals surface area contributed by atoms with Crippen LogP contribution in [0.4, 0.5) is 0 Å². The van der Waals surface area contributed by atoms with Crippen LogP contribution in [0.5, 0.6) is 0 Å². The Morgan fingerprint density at radius 1 is 1.56 bits per heavy atom. The van der Waals surface area contributed by atoms with E-state index in [0.717, 1.165) is 25.9 Å². The lowest BCUT2D eigenvalue weighted by Gasteiger charge is -2.22. The van der Waals surface area contributed by atoms with Crippen LogP contribution in [0.1, 0.15) is 23.3 Å². The summed E-state index contributed by atoms with van der Waals surface area (Å²) in [5, 5.41) is 5.27. The highest BCUT2D eigenvalue weighted by molar-refractivity contribution is 7.07. The first-order valence-electron chi connectivity index (χ1n) is 5.29. The molecule has 2 aliphatic rings. The van der Waals surface area contributed by atoms with Gasteiger partial charge in [0.1, 0.15) is 5.69 Å². The summed E-state index contributed by atoms with van der Waals surface area (Å²) in [6, 6.07) is 0.923. The highest BCUT2D eigenvalue weighted by Gasteiger charge is 2.40. The summed E-state index contributed by atoms with van der Waals surface area (Å²) in [6.45, 7) is 1.91. The maximum atomic E-state index is 12.1. The Bertz CT molecular complexity index is 370. The molecule has 0 aromatic carbocycles. The van der Waals surface area contributed by atoms with Gasteiger partial charge in [0.25, 0.3) is 5.91 Å². The Morgan fingerprint density at radius 3 is 3.19 bits per heavy atom. The van der Waals surface area contributed by atoms with E-state index in [1.165, 1.54) is 11.3 Å². The van der Waals surface area contributed by atoms with Crippen molar-refractivity contribution in [2.24, 2.45) is 0 Å². The summed E-state index contributed by atoms with van der Waals surface area (Å²) < 4.78 is 0. The lowest BCUT2D eigenvalue weighted by molar-refractivity contribution is 0.0732. The third kappa shape index (κ3) is 1.83. The first kappa shape index (κ1) is 11.8. The molecular formula is C10H14ClN3OS. The predicted molar refractivity (Wildman–Crippen MR) is 65.2 cm³/mol. The van der Waals surface area contributed by atoms with Gasteiger partial charge in [-0.3, -0.25) is 4.79 Å². The molecule has 1 N–H and O–H groups in total. The molecule has 4 nitrogen and oxygen atoms in total. The first-order valence-corrected chi connectivity index (χ1v) is 6.23. The smallest absolute Gasteiger partial charge is 0.273 e. The number of halogens is 1. The van der Waals surface area contributed by atoms with E-state index in [-0.39, 0.29) is 18.3 Å². The molecule has 1 amide bonds. The molecule has 3 heterocycles. The van der Waals surface area contributed by atoms with Crippen molar-refractivity contribution in [2.75, 3.05) is 13.1 Å². The first-order chi connectivity index (χ1) is 7.36. The number of nitrogens with one attached hydrogen (secondary N) is 1. The van der Waals surface area contributed by atoms with Crippen LogP contribution < -0.4 is 5.32 Å². The van der Waals surface area contributed by atoms with Crippen molar-refractivity contribution in [3.8, 4) is 0 Å². The minimum absolute atomic E-state index is 0. The van der Waals surface area contributed by atoms with Gasteiger partial charge < -0.3 is 10.2 Å². The van der Waals surface area contributed by atoms with Crippen LogP contribution in [0.15, 0.2) is 10.9 Å². The van der Waals surface area contributed by atoms with E-state index in [9.17, 15) is 4.79 Å². The van der Waals surface area contributed by atoms with Crippen molar-refractivity contribution in [2.45, 2.75) is 24.9 Å². The number of thiazole rings is 1. The average Bonchev–Trinajstić information content (AvgIpc) is 2.94. The quantitative estimate of drug-likeness (QED) is 0.823. The summed E-state index contributed by atoms with van der Waals surface area (Å²) >= 11 is 1.48. The molecule has 0 radical (unpaired) electrons. The second kappa shape index (κ2) is 4.69. The molecule has 0 spiro atoms. The lowest BCUT2D eigenvalue weighted by atomic mass is 10.1. The standard InChI is InChI=1S/C10H13N3OS.ClH/c14-10(8-5-15-6-12-8)13-4-2-7-9(13)1-3-11-7;/h5-7,9,11H,1-4H2;1H/t7-,9+;/m1./s1. The Kier molecular flexibility index (Phi) is 3.47. The molecule has 2 saturated heterocycles. The molecule has 0 bridgehead atoms. The minimum Gasteiger partial charge on any atom is -0.333 e. The van der Waals surface area contributed by atoms with Gasteiger partial charge in [0.2, 0.25) is 0 Å². The zero-order valence-corrected chi connectivity index (χ0v) is 10.4. The van der Waals surface area contributed by atoms with Gasteiger partial charge in [0, 0.05) is 24.0 Å². The second-order valence-electron chi connectivity index (χ2n) is 4.08. The summed E-state index contributed by atoms with van der Waals surface area (Å²) in [6.07, 6.45) is 2.17. The highest BCUT2D eigenvalue weighted by atomic mass is 35.5. The largest absolute Gasteiger partial charge is 0.333 e. The van der Waals surface area contributed by atoms with Crippen molar-refractivity contribution in [3.63, 3.8) is 0 Å². The van der Waals surface area contributed by atoms with E-state index in [1.807, 2.05) is 10.3 Å². The molecule has 0 saturated carbocycles. The topological polar surface area (TPSA) is 45.2 Å². The number of nitrogens with zero attached hydrogens (tertiary/aromatic N) is 2. The Morgan fingerprint density at radius 2 is 2.44 bits per heavy atom. The molecule has 1 aromatic rings. The molecule has 2 fully saturated rings. The van der Waals surface area contributed by atoms with E-state index in [0.29, 0.717) is 17.8 Å². The number of carbonyl (C=O) groups excluding carboxylic acids is 1. The molecule has 3 rings (SSSR count). The normalized spacial score (nSPS) is 27.6. The Labute approximate surface area is 104 Å². The molecule has 6 heteroatoms. The molecule has 2 aliphatic heterocycles. The van der Waals surface area contributed by atoms with Gasteiger partial charge in [-0.2, -0.15) is 0 Å². The van der Waals surface area contributed by atoms with Crippen molar-refractivity contribution in [1.82, 2.24) is 15.2 Å². The van der Waals surface area contributed by atoms with Crippen molar-refractivity contribution in [1.29, 1.82) is 0 Å². The van der Waals surface area contributed by atoms with Crippen molar-refractivity contribution < 1.29 is 4.79 Å². The summed E-state index contributed by atoms with van der Waals surface area (Å²) in [5.74, 6) is 0.104. The number of fused-ring (bicyclic) bond motifs is 1. The van der Waals surface area contributed by atoms with Crippen LogP contribution in [0.2, 0.25) is 0 Å². The number of hydrogen-bond donors (Lipinski definition) is 1. The van der Waals surface area contributed by atoms with Crippen molar-refractivity contribution >= 4 is 29.7 Å². The zero-order valence-electron chi connectivity index (χ0n) is 8.76. The molecule has 88 valence electrons. The van der Waals surface area contributed by atoms with Crippen LogP contribution in [0.25, 0.3) is 0 Å². The predicted octanol–water partition coefficient (Wildman–Crippen LogP) is 1.14. The van der Waals surface area contributed by atoms with E-state index in [4.69, 9.17) is 0 Å². The number of carbonyl (C=O) groups is 1. The van der Waals surface area contributed by atoms with E-state index in [2.05, 4.69) is 10.3 Å². The third-order valence-electron chi connectivity index (χ3n) is 3.30. The van der Waals surface area contributed by atoms with E-state index in [1.54, 1.807) is 5.51 Å². The van der Waals surface area contributed by atoms with Crippen LogP contribution in [0.3, 0.4) is 0 Å². The monoisotopic (exact) mass is 259 g/mol. The fourth-order valence-electron chi connectivity index (χ4n) is 2.58. The molecule has 2 atom stereocenters. The maximum absolute atomic E-state index is 12.1. The third-order valence-corrected chi connectivity index (χ3v) is 3.89. The zero-order chi connectivity index (χ0) is 10.3. The van der Waals surface area contributed by atoms with Crippen LogP contribution in [-0.2, 0) is 0 Å². The number of amides is 1. The van der Waals surface area contributed by atoms with Crippen molar-refractivity contribution in [3.05, 3.63) is 16.6 Å². The van der Waals surface area contributed by atoms with Crippen LogP contribution in [-0.4, -0.2) is 41.0 Å². The fourth-order valence-corrected chi connectivity index (χ4v) is 3.11. The summed E-state index contributed by atoms with van der Waals surface area (Å²) in [7, 11) is 0. The van der Waals surface area contributed by atoms with Crippen LogP contribution in [0, 0.1) is 0 Å². The number of rotatable bonds is 1. The summed E-state index contributed by atoms with van der Waals surface area (Å²) in [5.41, 5.74) is 2.32. The SMILES string of the molecule is Cl.O=C(c1cscn1)N1CC[C@H]2NCC[C@@H]21. The van der Waals surface area contributed by atoms with E-state index >= 15 is 0 Å². The van der Waals surface area contributed by atoms with Gasteiger partial charge in [-0.25, -0.2) is 4.98 Å². The average molecular weight is 260 g/mol. The van der Waals surface area contributed by atoms with Gasteiger partial charge >= 0.3 is 0 Å². The number of aromatic nitrogens is 1. The van der Waals surface area contributed by atoms with Gasteiger partial charge in [0.15, 0.2) is 0 Å². The lowest BCUT2D eigenvalue weighted by Crippen LogP contribution is -2.38. The minimum atomic E-state index is 0. The van der Waals surface area contributed by atoms with Crippen LogP contribution >= 0.6 is 23.7 Å². The van der Waals surface area contributed by atoms with Gasteiger partial charge in [0.05, 0.1) is 5.51 Å². The molecule has 1 aromatic heterocycles. The summed E-state index contributed by atoms with van der Waals surface area (Å²) in [4.78, 5) is 18.2. The Balaban J connectivity index is 0.000000963. The molecule has 0 aliphatic carbocycles. The fraction of sp³-hybridized carbons (Fsp3) is 0.600. The molecular weight excluding hydrogens is 246 g/mol. The maximum Gasteiger partial charge on any atom is 0.273 e. The number of likely N-dealkylation sites (tertiary alicyclic amines) is 1. The highest BCUT2D eigenvalue weighted by Crippen LogP contribution is 2.26. The molecule has 0 unspecified atom stereocenters. The Hall–Kier alpha value is -0.650. The second-order valence-corrected chi connectivity index (χ2v) is 4.80. The van der Waals surface area contributed by atoms with Gasteiger partial charge in [-0.1, -0.05) is 0 Å². The van der Waals surface area contributed by atoms with Gasteiger partial charge in [-0.05, 0) is 19.4 Å². The van der Waals surface area contributed by atoms with E-state index < -0.39 is 0 Å². The van der Waals surface area contributed by atoms with Gasteiger partial charge in [-0.15, -0.1) is 23.7 Å². The number of hydrogen-bond acceptors (Lipinski definition) is 4.